The van der Waals surface area contributed by atoms with E-state index in [1.165, 1.54) is 0 Å². The number of hydrogen-bond donors (Lipinski definition) is 1. The molecular weight excluding hydrogens is 410 g/mol. The minimum Gasteiger partial charge on any atom is -0.494 e. The lowest BCUT2D eigenvalue weighted by Crippen LogP contribution is -2.34. The van der Waals surface area contributed by atoms with Gasteiger partial charge in [0, 0.05) is 29.5 Å². The Morgan fingerprint density at radius 1 is 1.12 bits per heavy atom. The third-order valence-electron chi connectivity index (χ3n) is 6.79. The van der Waals surface area contributed by atoms with Crippen molar-refractivity contribution in [3.8, 4) is 28.7 Å². The number of carbonyl (C=O) groups is 1. The third kappa shape index (κ3) is 2.91. The lowest BCUT2D eigenvalue weighted by Gasteiger charge is -2.27. The molecule has 7 nitrogen and oxygen atoms in total. The summed E-state index contributed by atoms with van der Waals surface area (Å²) in [5.41, 5.74) is 2.71. The monoisotopic (exact) mass is 437 g/mol. The van der Waals surface area contributed by atoms with Crippen molar-refractivity contribution in [1.82, 2.24) is 0 Å². The summed E-state index contributed by atoms with van der Waals surface area (Å²) in [6, 6.07) is 7.37. The van der Waals surface area contributed by atoms with E-state index in [0.717, 1.165) is 28.9 Å². The van der Waals surface area contributed by atoms with Gasteiger partial charge in [-0.2, -0.15) is 0 Å². The summed E-state index contributed by atoms with van der Waals surface area (Å²) < 4.78 is 28.5. The molecule has 2 aromatic carbocycles. The van der Waals surface area contributed by atoms with Gasteiger partial charge in [0.05, 0.1) is 39.0 Å². The van der Waals surface area contributed by atoms with Crippen molar-refractivity contribution < 1.29 is 28.5 Å². The Morgan fingerprint density at radius 3 is 2.56 bits per heavy atom. The first-order valence-electron chi connectivity index (χ1n) is 10.7. The second-order valence-corrected chi connectivity index (χ2v) is 8.62. The van der Waals surface area contributed by atoms with E-state index >= 15 is 0 Å². The van der Waals surface area contributed by atoms with Crippen LogP contribution in [-0.2, 0) is 16.6 Å². The number of anilines is 1. The highest BCUT2D eigenvalue weighted by molar-refractivity contribution is 6.04. The second-order valence-electron chi connectivity index (χ2n) is 8.62. The van der Waals surface area contributed by atoms with E-state index in [-0.39, 0.29) is 17.9 Å². The van der Waals surface area contributed by atoms with E-state index in [4.69, 9.17) is 23.7 Å². The standard InChI is InChI=1S/C25H27NO6/c1-13(2)19-8-15-18(32-19)7-6-17(23(15)30-5)26-24(27)25-11-14(25)12-31-20-10-22(29-4)21(28-3)9-16(20)25/h6-7,9-10,14,19H,1,8,11-12H2,2-5H3,(H,26,27)/t14?,19-,25?/m1/s1. The van der Waals surface area contributed by atoms with E-state index in [1.807, 2.05) is 25.1 Å². The zero-order chi connectivity index (χ0) is 22.6. The molecule has 32 heavy (non-hydrogen) atoms. The van der Waals surface area contributed by atoms with Crippen molar-refractivity contribution in [2.45, 2.75) is 31.3 Å². The fraction of sp³-hybridized carbons (Fsp3) is 0.400. The van der Waals surface area contributed by atoms with Crippen LogP contribution in [0.2, 0.25) is 0 Å². The van der Waals surface area contributed by atoms with Gasteiger partial charge in [0.15, 0.2) is 11.5 Å². The molecule has 0 radical (unpaired) electrons. The van der Waals surface area contributed by atoms with Gasteiger partial charge in [0.2, 0.25) is 5.91 Å². The van der Waals surface area contributed by atoms with E-state index < -0.39 is 5.41 Å². The summed E-state index contributed by atoms with van der Waals surface area (Å²) in [5, 5.41) is 3.12. The summed E-state index contributed by atoms with van der Waals surface area (Å²) in [6.45, 7) is 6.44. The quantitative estimate of drug-likeness (QED) is 0.692. The lowest BCUT2D eigenvalue weighted by atomic mass is 9.89. The van der Waals surface area contributed by atoms with Crippen molar-refractivity contribution in [2.75, 3.05) is 33.3 Å². The number of amides is 1. The molecule has 1 fully saturated rings. The molecule has 1 amide bonds. The molecule has 0 spiro atoms. The van der Waals surface area contributed by atoms with Crippen molar-refractivity contribution in [1.29, 1.82) is 0 Å². The molecule has 3 atom stereocenters. The zero-order valence-corrected chi connectivity index (χ0v) is 18.7. The highest BCUT2D eigenvalue weighted by Gasteiger charge is 2.64. The number of rotatable bonds is 6. The first-order chi connectivity index (χ1) is 15.4. The Labute approximate surface area is 187 Å². The number of ether oxygens (including phenoxy) is 5. The molecule has 1 saturated carbocycles. The highest BCUT2D eigenvalue weighted by atomic mass is 16.5. The van der Waals surface area contributed by atoms with Gasteiger partial charge in [-0.3, -0.25) is 4.79 Å². The van der Waals surface area contributed by atoms with Crippen molar-refractivity contribution in [2.24, 2.45) is 5.92 Å². The summed E-state index contributed by atoms with van der Waals surface area (Å²) in [7, 11) is 4.77. The highest BCUT2D eigenvalue weighted by Crippen LogP contribution is 2.61. The molecule has 2 aliphatic heterocycles. The van der Waals surface area contributed by atoms with Crippen LogP contribution in [0.1, 0.15) is 24.5 Å². The molecule has 2 unspecified atom stereocenters. The number of methoxy groups -OCH3 is 3. The lowest BCUT2D eigenvalue weighted by molar-refractivity contribution is -0.119. The molecule has 3 aliphatic rings. The molecule has 2 heterocycles. The normalized spacial score (nSPS) is 24.1. The molecule has 2 aromatic rings. The third-order valence-corrected chi connectivity index (χ3v) is 6.79. The van der Waals surface area contributed by atoms with Crippen LogP contribution in [0.25, 0.3) is 0 Å². The van der Waals surface area contributed by atoms with Crippen LogP contribution in [0.4, 0.5) is 5.69 Å². The number of benzene rings is 2. The van der Waals surface area contributed by atoms with Crippen LogP contribution in [0.5, 0.6) is 28.7 Å². The van der Waals surface area contributed by atoms with Crippen LogP contribution in [0, 0.1) is 5.92 Å². The number of hydrogen-bond acceptors (Lipinski definition) is 6. The summed E-state index contributed by atoms with van der Waals surface area (Å²) in [6.07, 6.45) is 1.30. The molecule has 168 valence electrons. The first kappa shape index (κ1) is 20.5. The molecule has 1 N–H and O–H groups in total. The van der Waals surface area contributed by atoms with Gasteiger partial charge in [0.1, 0.15) is 23.4 Å². The average molecular weight is 437 g/mol. The largest absolute Gasteiger partial charge is 0.494 e. The predicted octanol–water partition coefficient (Wildman–Crippen LogP) is 3.88. The van der Waals surface area contributed by atoms with Crippen molar-refractivity contribution in [3.05, 3.63) is 47.5 Å². The van der Waals surface area contributed by atoms with Crippen LogP contribution < -0.4 is 29.0 Å². The summed E-state index contributed by atoms with van der Waals surface area (Å²) in [5.74, 6) is 3.25. The van der Waals surface area contributed by atoms with Gasteiger partial charge in [-0.05, 0) is 37.1 Å². The SMILES string of the molecule is C=C(C)[C@H]1Cc2c(ccc(NC(=O)C34CC3COc3cc(OC)c(OC)cc34)c2OC)O1. The molecule has 0 bridgehead atoms. The van der Waals surface area contributed by atoms with E-state index in [9.17, 15) is 4.79 Å². The minimum atomic E-state index is -0.659. The summed E-state index contributed by atoms with van der Waals surface area (Å²) in [4.78, 5) is 13.6. The maximum absolute atomic E-state index is 13.6. The molecule has 5 rings (SSSR count). The Kier molecular flexibility index (Phi) is 4.73. The second kappa shape index (κ2) is 7.36. The van der Waals surface area contributed by atoms with E-state index in [1.54, 1.807) is 27.4 Å². The fourth-order valence-electron chi connectivity index (χ4n) is 4.91. The molecule has 0 aromatic heterocycles. The molecule has 7 heteroatoms. The summed E-state index contributed by atoms with van der Waals surface area (Å²) >= 11 is 0. The molecule has 0 saturated heterocycles. The molecular formula is C25H27NO6. The smallest absolute Gasteiger partial charge is 0.235 e. The van der Waals surface area contributed by atoms with Crippen LogP contribution in [-0.4, -0.2) is 39.9 Å². The Balaban J connectivity index is 1.48. The first-order valence-corrected chi connectivity index (χ1v) is 10.7. The number of carbonyl (C=O) groups excluding carboxylic acids is 1. The minimum absolute atomic E-state index is 0.0760. The van der Waals surface area contributed by atoms with Gasteiger partial charge in [-0.25, -0.2) is 0 Å². The fourth-order valence-corrected chi connectivity index (χ4v) is 4.91. The average Bonchev–Trinajstić information content (AvgIpc) is 3.41. The van der Waals surface area contributed by atoms with Gasteiger partial charge < -0.3 is 29.0 Å². The zero-order valence-electron chi connectivity index (χ0n) is 18.7. The van der Waals surface area contributed by atoms with Gasteiger partial charge in [0.25, 0.3) is 0 Å². The van der Waals surface area contributed by atoms with Gasteiger partial charge in [-0.1, -0.05) is 6.58 Å². The van der Waals surface area contributed by atoms with Crippen LogP contribution in [0.15, 0.2) is 36.4 Å². The molecule has 1 aliphatic carbocycles. The van der Waals surface area contributed by atoms with E-state index in [2.05, 4.69) is 11.9 Å². The Bertz CT molecular complexity index is 1130. The predicted molar refractivity (Wildman–Crippen MR) is 119 cm³/mol. The van der Waals surface area contributed by atoms with Gasteiger partial charge >= 0.3 is 0 Å². The Morgan fingerprint density at radius 2 is 1.88 bits per heavy atom. The van der Waals surface area contributed by atoms with Crippen LogP contribution in [0.3, 0.4) is 0 Å². The maximum Gasteiger partial charge on any atom is 0.235 e. The number of fused-ring (bicyclic) bond motifs is 4. The Hall–Kier alpha value is -3.35. The van der Waals surface area contributed by atoms with E-state index in [0.29, 0.717) is 41.7 Å². The van der Waals surface area contributed by atoms with Gasteiger partial charge in [-0.15, -0.1) is 0 Å². The van der Waals surface area contributed by atoms with Crippen LogP contribution >= 0.6 is 0 Å². The van der Waals surface area contributed by atoms with Crippen molar-refractivity contribution in [3.63, 3.8) is 0 Å². The number of nitrogens with one attached hydrogen (secondary N) is 1. The maximum atomic E-state index is 13.6. The topological polar surface area (TPSA) is 75.3 Å². The van der Waals surface area contributed by atoms with Crippen molar-refractivity contribution >= 4 is 11.6 Å².